The Labute approximate surface area is 142 Å². The molecule has 1 aromatic carbocycles. The van der Waals surface area contributed by atoms with Crippen LogP contribution in [0.2, 0.25) is 5.02 Å². The number of ether oxygens (including phenoxy) is 2. The van der Waals surface area contributed by atoms with Crippen LogP contribution in [0.3, 0.4) is 0 Å². The van der Waals surface area contributed by atoms with Crippen LogP contribution in [0.5, 0.6) is 11.5 Å². The number of hydrogen-bond donors (Lipinski definition) is 1. The van der Waals surface area contributed by atoms with Gasteiger partial charge in [-0.05, 0) is 31.0 Å². The molecule has 0 saturated heterocycles. The Kier molecular flexibility index (Phi) is 3.71. The van der Waals surface area contributed by atoms with E-state index in [1.807, 2.05) is 25.1 Å². The van der Waals surface area contributed by atoms with Crippen LogP contribution < -0.4 is 14.8 Å². The molecular formula is C16H14ClN3O2S. The molecule has 4 rings (SSSR count). The molecule has 0 unspecified atom stereocenters. The summed E-state index contributed by atoms with van der Waals surface area (Å²) in [5.41, 5.74) is 1.18. The highest BCUT2D eigenvalue weighted by atomic mass is 35.5. The van der Waals surface area contributed by atoms with E-state index < -0.39 is 0 Å². The average Bonchev–Trinajstić information content (AvgIpc) is 3.12. The third-order valence-corrected chi connectivity index (χ3v) is 5.30. The largest absolute Gasteiger partial charge is 0.454 e. The number of fused-ring (bicyclic) bond motifs is 2. The van der Waals surface area contributed by atoms with Gasteiger partial charge in [0.15, 0.2) is 11.5 Å². The SMILES string of the molecule is Cc1sc2nc(NCCc3ccc4c(c3)OCO4)ncc2c1Cl. The van der Waals surface area contributed by atoms with Crippen molar-refractivity contribution >= 4 is 39.1 Å². The molecule has 1 aliphatic heterocycles. The molecule has 0 atom stereocenters. The summed E-state index contributed by atoms with van der Waals surface area (Å²) < 4.78 is 10.7. The predicted molar refractivity (Wildman–Crippen MR) is 91.9 cm³/mol. The lowest BCUT2D eigenvalue weighted by Crippen LogP contribution is -2.07. The van der Waals surface area contributed by atoms with Crippen molar-refractivity contribution in [2.45, 2.75) is 13.3 Å². The van der Waals surface area contributed by atoms with Gasteiger partial charge in [0.1, 0.15) is 4.83 Å². The molecule has 0 aliphatic carbocycles. The quantitative estimate of drug-likeness (QED) is 0.772. The standard InChI is InChI=1S/C16H14ClN3O2S/c1-9-14(17)11-7-19-16(20-15(11)23-9)18-5-4-10-2-3-12-13(6-10)22-8-21-12/h2-3,6-7H,4-5,8H2,1H3,(H,18,19,20). The van der Waals surface area contributed by atoms with Gasteiger partial charge in [-0.1, -0.05) is 17.7 Å². The number of anilines is 1. The number of benzene rings is 1. The maximum atomic E-state index is 6.21. The van der Waals surface area contributed by atoms with E-state index in [4.69, 9.17) is 21.1 Å². The van der Waals surface area contributed by atoms with Crippen LogP contribution in [0.4, 0.5) is 5.95 Å². The van der Waals surface area contributed by atoms with Gasteiger partial charge in [-0.2, -0.15) is 0 Å². The van der Waals surface area contributed by atoms with Gasteiger partial charge in [0.25, 0.3) is 0 Å². The number of halogens is 1. The Bertz CT molecular complexity index is 881. The van der Waals surface area contributed by atoms with Crippen LogP contribution in [0.1, 0.15) is 10.4 Å². The van der Waals surface area contributed by atoms with Crippen molar-refractivity contribution in [2.24, 2.45) is 0 Å². The van der Waals surface area contributed by atoms with E-state index in [9.17, 15) is 0 Å². The van der Waals surface area contributed by atoms with Crippen LogP contribution in [0.15, 0.2) is 24.4 Å². The van der Waals surface area contributed by atoms with Crippen molar-refractivity contribution < 1.29 is 9.47 Å². The Balaban J connectivity index is 1.43. The summed E-state index contributed by atoms with van der Waals surface area (Å²) in [6.07, 6.45) is 2.62. The van der Waals surface area contributed by atoms with Gasteiger partial charge in [0, 0.05) is 23.0 Å². The molecule has 0 bridgehead atoms. The molecule has 0 fully saturated rings. The molecule has 0 radical (unpaired) electrons. The van der Waals surface area contributed by atoms with Gasteiger partial charge in [-0.25, -0.2) is 9.97 Å². The molecule has 0 amide bonds. The van der Waals surface area contributed by atoms with Crippen LogP contribution >= 0.6 is 22.9 Å². The van der Waals surface area contributed by atoms with Crippen LogP contribution in [0, 0.1) is 6.92 Å². The summed E-state index contributed by atoms with van der Waals surface area (Å²) in [5.74, 6) is 2.24. The van der Waals surface area contributed by atoms with Crippen molar-refractivity contribution in [1.29, 1.82) is 0 Å². The molecule has 118 valence electrons. The number of hydrogen-bond acceptors (Lipinski definition) is 6. The minimum atomic E-state index is 0.299. The predicted octanol–water partition coefficient (Wildman–Crippen LogP) is 4.04. The smallest absolute Gasteiger partial charge is 0.231 e. The first-order valence-corrected chi connectivity index (χ1v) is 8.44. The topological polar surface area (TPSA) is 56.3 Å². The molecule has 5 nitrogen and oxygen atoms in total. The fraction of sp³-hybridized carbons (Fsp3) is 0.250. The highest BCUT2D eigenvalue weighted by molar-refractivity contribution is 7.19. The van der Waals surface area contributed by atoms with E-state index in [1.54, 1.807) is 17.5 Å². The molecule has 3 heterocycles. The Morgan fingerprint density at radius 2 is 2.17 bits per heavy atom. The minimum absolute atomic E-state index is 0.299. The van der Waals surface area contributed by atoms with Gasteiger partial charge in [0.05, 0.1) is 5.02 Å². The summed E-state index contributed by atoms with van der Waals surface area (Å²) in [5, 5.41) is 4.91. The molecule has 7 heteroatoms. The molecule has 23 heavy (non-hydrogen) atoms. The number of nitrogens with zero attached hydrogens (tertiary/aromatic N) is 2. The fourth-order valence-electron chi connectivity index (χ4n) is 2.47. The monoisotopic (exact) mass is 347 g/mol. The first-order valence-electron chi connectivity index (χ1n) is 7.25. The Hall–Kier alpha value is -2.05. The second kappa shape index (κ2) is 5.86. The number of nitrogens with one attached hydrogen (secondary N) is 1. The summed E-state index contributed by atoms with van der Waals surface area (Å²) >= 11 is 7.80. The third kappa shape index (κ3) is 2.80. The number of aromatic nitrogens is 2. The summed E-state index contributed by atoms with van der Waals surface area (Å²) in [6, 6.07) is 5.99. The number of thiophene rings is 1. The third-order valence-electron chi connectivity index (χ3n) is 3.68. The molecule has 1 aliphatic rings. The summed E-state index contributed by atoms with van der Waals surface area (Å²) in [6.45, 7) is 3.03. The molecule has 3 aromatic rings. The molecule has 2 aromatic heterocycles. The Morgan fingerprint density at radius 1 is 1.30 bits per heavy atom. The van der Waals surface area contributed by atoms with Gasteiger partial charge in [0.2, 0.25) is 12.7 Å². The lowest BCUT2D eigenvalue weighted by atomic mass is 10.1. The lowest BCUT2D eigenvalue weighted by Gasteiger charge is -2.05. The van der Waals surface area contributed by atoms with E-state index in [0.717, 1.165) is 44.6 Å². The lowest BCUT2D eigenvalue weighted by molar-refractivity contribution is 0.174. The Morgan fingerprint density at radius 3 is 3.09 bits per heavy atom. The summed E-state index contributed by atoms with van der Waals surface area (Å²) in [4.78, 5) is 10.8. The maximum absolute atomic E-state index is 6.21. The fourth-order valence-corrected chi connectivity index (χ4v) is 3.67. The summed E-state index contributed by atoms with van der Waals surface area (Å²) in [7, 11) is 0. The highest BCUT2D eigenvalue weighted by Crippen LogP contribution is 2.34. The molecular weight excluding hydrogens is 334 g/mol. The van der Waals surface area contributed by atoms with E-state index in [-0.39, 0.29) is 0 Å². The van der Waals surface area contributed by atoms with Crippen molar-refractivity contribution in [3.8, 4) is 11.5 Å². The maximum Gasteiger partial charge on any atom is 0.231 e. The highest BCUT2D eigenvalue weighted by Gasteiger charge is 2.13. The van der Waals surface area contributed by atoms with Crippen LogP contribution in [-0.2, 0) is 6.42 Å². The van der Waals surface area contributed by atoms with E-state index in [1.165, 1.54) is 5.56 Å². The van der Waals surface area contributed by atoms with Crippen molar-refractivity contribution in [2.75, 3.05) is 18.7 Å². The second-order valence-electron chi connectivity index (χ2n) is 5.25. The van der Waals surface area contributed by atoms with Crippen molar-refractivity contribution in [3.63, 3.8) is 0 Å². The second-order valence-corrected chi connectivity index (χ2v) is 6.83. The van der Waals surface area contributed by atoms with Gasteiger partial charge >= 0.3 is 0 Å². The average molecular weight is 348 g/mol. The normalized spacial score (nSPS) is 12.8. The zero-order chi connectivity index (χ0) is 15.8. The first-order chi connectivity index (χ1) is 11.2. The zero-order valence-corrected chi connectivity index (χ0v) is 14.0. The molecule has 0 saturated carbocycles. The van der Waals surface area contributed by atoms with E-state index in [2.05, 4.69) is 15.3 Å². The number of aryl methyl sites for hydroxylation is 1. The van der Waals surface area contributed by atoms with Gasteiger partial charge in [-0.3, -0.25) is 0 Å². The molecule has 1 N–H and O–H groups in total. The molecule has 0 spiro atoms. The van der Waals surface area contributed by atoms with Crippen LogP contribution in [0.25, 0.3) is 10.2 Å². The zero-order valence-electron chi connectivity index (χ0n) is 12.4. The number of rotatable bonds is 4. The van der Waals surface area contributed by atoms with Crippen molar-refractivity contribution in [1.82, 2.24) is 9.97 Å². The van der Waals surface area contributed by atoms with E-state index >= 15 is 0 Å². The van der Waals surface area contributed by atoms with Gasteiger partial charge < -0.3 is 14.8 Å². The van der Waals surface area contributed by atoms with Crippen LogP contribution in [-0.4, -0.2) is 23.3 Å². The van der Waals surface area contributed by atoms with E-state index in [0.29, 0.717) is 12.7 Å². The van der Waals surface area contributed by atoms with Gasteiger partial charge in [-0.15, -0.1) is 11.3 Å². The minimum Gasteiger partial charge on any atom is -0.454 e. The first kappa shape index (κ1) is 14.5. The van der Waals surface area contributed by atoms with Crippen molar-refractivity contribution in [3.05, 3.63) is 39.9 Å².